The smallest absolute Gasteiger partial charge is 0.132 e. The van der Waals surface area contributed by atoms with Crippen LogP contribution in [0.4, 0.5) is 0 Å². The lowest BCUT2D eigenvalue weighted by Gasteiger charge is -2.26. The first-order valence-electron chi connectivity index (χ1n) is 18.7. The van der Waals surface area contributed by atoms with Crippen LogP contribution in [0.15, 0.2) is 119 Å². The van der Waals surface area contributed by atoms with Crippen LogP contribution in [0.2, 0.25) is 0 Å². The van der Waals surface area contributed by atoms with Gasteiger partial charge in [-0.1, -0.05) is 139 Å². The summed E-state index contributed by atoms with van der Waals surface area (Å²) >= 11 is 0. The maximum Gasteiger partial charge on any atom is 0.132 e. The van der Waals surface area contributed by atoms with E-state index >= 15 is 0 Å². The average Bonchev–Trinajstić information content (AvgIpc) is 3.13. The predicted octanol–water partition coefficient (Wildman–Crippen LogP) is 12.2. The molecule has 2 N–H and O–H groups in total. The third-order valence-electron chi connectivity index (χ3n) is 10.7. The van der Waals surface area contributed by atoms with Gasteiger partial charge in [0.2, 0.25) is 0 Å². The monoisotopic (exact) mass is 686 g/mol. The largest absolute Gasteiger partial charge is 0.507 e. The molecule has 0 aliphatic heterocycles. The minimum Gasteiger partial charge on any atom is -0.507 e. The van der Waals surface area contributed by atoms with Gasteiger partial charge in [-0.3, -0.25) is 9.98 Å². The van der Waals surface area contributed by atoms with Crippen LogP contribution >= 0.6 is 0 Å². The minimum absolute atomic E-state index is 0.0332. The standard InChI is InChI=1S/C48H50N2O2/c1-47(2,3)35-25-33(45(51)41(27-35)39-21-13-17-31-15-7-9-19-37(31)39)29-49-43-23-11-12-24-44(43)50-30-34-26-36(48(4,5)6)28-42(46(34)52)40-22-14-18-32-16-8-10-20-38(32)40/h7-10,13-22,25-30,43-44,51-52H,11-12,23-24H2,1-6H3. The zero-order chi connectivity index (χ0) is 36.6. The lowest BCUT2D eigenvalue weighted by Crippen LogP contribution is -2.27. The van der Waals surface area contributed by atoms with Crippen molar-refractivity contribution < 1.29 is 10.2 Å². The number of phenolic OH excluding ortho intramolecular Hbond substituents is 2. The van der Waals surface area contributed by atoms with Crippen LogP contribution < -0.4 is 0 Å². The van der Waals surface area contributed by atoms with Gasteiger partial charge in [-0.15, -0.1) is 0 Å². The molecule has 0 spiro atoms. The Bertz CT molecular complexity index is 2140. The highest BCUT2D eigenvalue weighted by atomic mass is 16.3. The zero-order valence-corrected chi connectivity index (χ0v) is 31.3. The number of hydrogen-bond donors (Lipinski definition) is 2. The fourth-order valence-corrected chi connectivity index (χ4v) is 7.50. The van der Waals surface area contributed by atoms with E-state index in [1.165, 1.54) is 0 Å². The SMILES string of the molecule is CC(C)(C)c1cc(C=NC2CCCCC2N=Cc2cc(C(C)(C)C)cc(-c3cccc4ccccc34)c2O)c(O)c(-c2cccc3ccccc23)c1. The van der Waals surface area contributed by atoms with Crippen molar-refractivity contribution in [1.29, 1.82) is 0 Å². The minimum atomic E-state index is -0.123. The van der Waals surface area contributed by atoms with Gasteiger partial charge in [-0.25, -0.2) is 0 Å². The molecule has 4 heteroatoms. The Hall–Kier alpha value is -5.22. The second kappa shape index (κ2) is 14.1. The molecule has 0 radical (unpaired) electrons. The maximum atomic E-state index is 11.8. The van der Waals surface area contributed by atoms with Crippen LogP contribution in [0.3, 0.4) is 0 Å². The van der Waals surface area contributed by atoms with Gasteiger partial charge in [0.1, 0.15) is 11.5 Å². The van der Waals surface area contributed by atoms with E-state index < -0.39 is 0 Å². The van der Waals surface area contributed by atoms with Crippen molar-refractivity contribution in [3.8, 4) is 33.8 Å². The van der Waals surface area contributed by atoms with Gasteiger partial charge in [-0.05, 0) is 91.7 Å². The molecule has 6 aromatic rings. The Kier molecular flexibility index (Phi) is 9.52. The Morgan fingerprint density at radius 1 is 0.500 bits per heavy atom. The molecule has 0 heterocycles. The maximum absolute atomic E-state index is 11.8. The number of nitrogens with zero attached hydrogens (tertiary/aromatic N) is 2. The lowest BCUT2D eigenvalue weighted by molar-refractivity contribution is 0.390. The van der Waals surface area contributed by atoms with Gasteiger partial charge in [-0.2, -0.15) is 0 Å². The summed E-state index contributed by atoms with van der Waals surface area (Å²) < 4.78 is 0. The summed E-state index contributed by atoms with van der Waals surface area (Å²) in [6.45, 7) is 13.2. The molecule has 7 rings (SSSR count). The predicted molar refractivity (Wildman–Crippen MR) is 221 cm³/mol. The Morgan fingerprint density at radius 3 is 1.29 bits per heavy atom. The van der Waals surface area contributed by atoms with Crippen molar-refractivity contribution >= 4 is 34.0 Å². The number of aliphatic imine (C=N–C) groups is 2. The zero-order valence-electron chi connectivity index (χ0n) is 31.3. The first-order chi connectivity index (χ1) is 24.9. The second-order valence-electron chi connectivity index (χ2n) is 16.5. The Labute approximate surface area is 308 Å². The topological polar surface area (TPSA) is 65.2 Å². The van der Waals surface area contributed by atoms with Gasteiger partial charge in [0.25, 0.3) is 0 Å². The lowest BCUT2D eigenvalue weighted by atomic mass is 9.83. The molecule has 52 heavy (non-hydrogen) atoms. The molecule has 2 unspecified atom stereocenters. The number of hydrogen-bond acceptors (Lipinski definition) is 4. The summed E-state index contributed by atoms with van der Waals surface area (Å²) in [5, 5.41) is 28.1. The van der Waals surface area contributed by atoms with Crippen molar-refractivity contribution in [3.63, 3.8) is 0 Å². The van der Waals surface area contributed by atoms with Crippen LogP contribution in [-0.2, 0) is 10.8 Å². The molecule has 1 aliphatic carbocycles. The number of fused-ring (bicyclic) bond motifs is 2. The first-order valence-corrected chi connectivity index (χ1v) is 18.7. The van der Waals surface area contributed by atoms with Gasteiger partial charge >= 0.3 is 0 Å². The van der Waals surface area contributed by atoms with Crippen molar-refractivity contribution in [2.45, 2.75) is 90.1 Å². The molecule has 4 nitrogen and oxygen atoms in total. The van der Waals surface area contributed by atoms with Crippen LogP contribution in [0.1, 0.15) is 89.5 Å². The van der Waals surface area contributed by atoms with Crippen molar-refractivity contribution in [2.24, 2.45) is 9.98 Å². The van der Waals surface area contributed by atoms with E-state index in [4.69, 9.17) is 9.98 Å². The van der Waals surface area contributed by atoms with Crippen molar-refractivity contribution in [2.75, 3.05) is 0 Å². The van der Waals surface area contributed by atoms with E-state index in [1.54, 1.807) is 0 Å². The molecule has 264 valence electrons. The molecule has 0 amide bonds. The molecular weight excluding hydrogens is 637 g/mol. The van der Waals surface area contributed by atoms with Crippen molar-refractivity contribution in [3.05, 3.63) is 131 Å². The number of aromatic hydroxyl groups is 2. The van der Waals surface area contributed by atoms with Crippen LogP contribution in [0.5, 0.6) is 11.5 Å². The van der Waals surface area contributed by atoms with E-state index in [9.17, 15) is 10.2 Å². The molecule has 1 saturated carbocycles. The highest BCUT2D eigenvalue weighted by Crippen LogP contribution is 2.41. The highest BCUT2D eigenvalue weighted by molar-refractivity contribution is 6.01. The highest BCUT2D eigenvalue weighted by Gasteiger charge is 2.26. The third-order valence-corrected chi connectivity index (χ3v) is 10.7. The molecule has 0 aromatic heterocycles. The summed E-state index contributed by atoms with van der Waals surface area (Å²) in [7, 11) is 0. The number of benzene rings is 6. The van der Waals surface area contributed by atoms with Crippen molar-refractivity contribution in [1.82, 2.24) is 0 Å². The third kappa shape index (κ3) is 7.12. The van der Waals surface area contributed by atoms with E-state index in [1.807, 2.05) is 36.7 Å². The quantitative estimate of drug-likeness (QED) is 0.171. The Morgan fingerprint density at radius 2 is 0.885 bits per heavy atom. The number of rotatable bonds is 6. The molecule has 6 aromatic carbocycles. The molecule has 1 fully saturated rings. The van der Waals surface area contributed by atoms with Crippen LogP contribution in [0, 0.1) is 0 Å². The van der Waals surface area contributed by atoms with Gasteiger partial charge in [0.15, 0.2) is 0 Å². The van der Waals surface area contributed by atoms with E-state index in [0.717, 1.165) is 91.7 Å². The summed E-state index contributed by atoms with van der Waals surface area (Å²) in [6, 6.07) is 37.5. The average molecular weight is 687 g/mol. The summed E-state index contributed by atoms with van der Waals surface area (Å²) in [6.07, 6.45) is 7.74. The van der Waals surface area contributed by atoms with E-state index in [2.05, 4.69) is 126 Å². The fraction of sp³-hybridized carbons (Fsp3) is 0.292. The normalized spacial score (nSPS) is 17.1. The molecule has 1 aliphatic rings. The number of phenols is 2. The molecular formula is C48H50N2O2. The fourth-order valence-electron chi connectivity index (χ4n) is 7.50. The van der Waals surface area contributed by atoms with Gasteiger partial charge < -0.3 is 10.2 Å². The van der Waals surface area contributed by atoms with Gasteiger partial charge in [0.05, 0.1) is 12.1 Å². The van der Waals surface area contributed by atoms with Crippen LogP contribution in [-0.4, -0.2) is 34.7 Å². The molecule has 0 bridgehead atoms. The Balaban J connectivity index is 1.25. The summed E-state index contributed by atoms with van der Waals surface area (Å²) in [4.78, 5) is 10.3. The van der Waals surface area contributed by atoms with Gasteiger partial charge in [0, 0.05) is 34.7 Å². The summed E-state index contributed by atoms with van der Waals surface area (Å²) in [5.74, 6) is 0.489. The van der Waals surface area contributed by atoms with Crippen LogP contribution in [0.25, 0.3) is 43.8 Å². The van der Waals surface area contributed by atoms with E-state index in [0.29, 0.717) is 0 Å². The first kappa shape index (κ1) is 35.2. The van der Waals surface area contributed by atoms with E-state index in [-0.39, 0.29) is 34.4 Å². The summed E-state index contributed by atoms with van der Waals surface area (Å²) in [5.41, 5.74) is 7.14. The second-order valence-corrected chi connectivity index (χ2v) is 16.5. The molecule has 2 atom stereocenters. The molecule has 0 saturated heterocycles.